The maximum atomic E-state index is 10.4. The van der Waals surface area contributed by atoms with E-state index in [0.717, 1.165) is 62.6 Å². The van der Waals surface area contributed by atoms with E-state index in [-0.39, 0.29) is 0 Å². The van der Waals surface area contributed by atoms with E-state index in [9.17, 15) is 15.8 Å². The van der Waals surface area contributed by atoms with E-state index in [0.29, 0.717) is 27.9 Å². The molecule has 9 rings (SSSR count). The van der Waals surface area contributed by atoms with Gasteiger partial charge in [0, 0.05) is 45.9 Å². The molecule has 0 unspecified atom stereocenters. The molecule has 5 heteroatoms. The lowest BCUT2D eigenvalue weighted by molar-refractivity contribution is 0.901. The zero-order valence-electron chi connectivity index (χ0n) is 26.8. The lowest BCUT2D eigenvalue weighted by Crippen LogP contribution is -2.03. The van der Waals surface area contributed by atoms with Crippen LogP contribution in [-0.4, -0.2) is 9.13 Å². The molecule has 230 valence electrons. The maximum absolute atomic E-state index is 10.4. The molecule has 1 aliphatic rings. The average molecular weight is 636 g/mol. The van der Waals surface area contributed by atoms with Gasteiger partial charge >= 0.3 is 0 Å². The smallest absolute Gasteiger partial charge is 0.101 e. The summed E-state index contributed by atoms with van der Waals surface area (Å²) < 4.78 is 4.40. The topological polar surface area (TPSA) is 81.2 Å². The monoisotopic (exact) mass is 635 g/mol. The molecule has 8 aromatic rings. The summed E-state index contributed by atoms with van der Waals surface area (Å²) in [5, 5.41) is 33.5. The number of hydrogen-bond acceptors (Lipinski definition) is 3. The standard InChI is InChI=1S/C45H25N5/c46-26-29-13-24-43-39(25-29)38-9-3-6-12-42(38)50(43)45-34(28-48)19-18-33(27-47)44(45)32-16-14-30(15-17-32)31-20-22-35(23-21-31)49-40-10-4-1-7-36(40)37-8-2-5-11-41(37)49/h1,3-4,6-7,9-10,12-25H,5,11H2. The molecule has 0 spiro atoms. The van der Waals surface area contributed by atoms with Gasteiger partial charge in [0.05, 0.1) is 56.6 Å². The molecule has 0 aliphatic heterocycles. The lowest BCUT2D eigenvalue weighted by atomic mass is 9.93. The van der Waals surface area contributed by atoms with Crippen LogP contribution >= 0.6 is 0 Å². The molecule has 1 aliphatic carbocycles. The Morgan fingerprint density at radius 1 is 0.540 bits per heavy atom. The first-order chi connectivity index (χ1) is 24.7. The highest BCUT2D eigenvalue weighted by molar-refractivity contribution is 6.10. The minimum absolute atomic E-state index is 0.455. The molecule has 0 amide bonds. The molecule has 0 bridgehead atoms. The Kier molecular flexibility index (Phi) is 6.60. The summed E-state index contributed by atoms with van der Waals surface area (Å²) in [4.78, 5) is 0. The Morgan fingerprint density at radius 2 is 1.16 bits per heavy atom. The van der Waals surface area contributed by atoms with Crippen molar-refractivity contribution in [2.45, 2.75) is 12.8 Å². The van der Waals surface area contributed by atoms with Gasteiger partial charge < -0.3 is 9.13 Å². The van der Waals surface area contributed by atoms with Crippen molar-refractivity contribution in [1.29, 1.82) is 15.8 Å². The Balaban J connectivity index is 1.16. The molecule has 0 fully saturated rings. The third-order valence-corrected chi connectivity index (χ3v) is 9.75. The van der Waals surface area contributed by atoms with Crippen molar-refractivity contribution in [3.63, 3.8) is 0 Å². The minimum Gasteiger partial charge on any atom is -0.312 e. The third-order valence-electron chi connectivity index (χ3n) is 9.75. The van der Waals surface area contributed by atoms with E-state index in [2.05, 4.69) is 99.8 Å². The molecular formula is C45H25N5. The quantitative estimate of drug-likeness (QED) is 0.181. The molecular weight excluding hydrogens is 611 g/mol. The number of aromatic nitrogens is 2. The Morgan fingerprint density at radius 3 is 1.88 bits per heavy atom. The second-order valence-corrected chi connectivity index (χ2v) is 12.4. The summed E-state index contributed by atoms with van der Waals surface area (Å²) in [7, 11) is 0. The van der Waals surface area contributed by atoms with Crippen molar-refractivity contribution in [3.8, 4) is 63.7 Å². The number of hydrogen-bond donors (Lipinski definition) is 0. The predicted molar refractivity (Wildman–Crippen MR) is 198 cm³/mol. The molecule has 0 saturated heterocycles. The van der Waals surface area contributed by atoms with Crippen molar-refractivity contribution in [3.05, 3.63) is 155 Å². The first kappa shape index (κ1) is 28.9. The van der Waals surface area contributed by atoms with Gasteiger partial charge in [0.1, 0.15) is 6.07 Å². The summed E-state index contributed by atoms with van der Waals surface area (Å²) in [6.45, 7) is 0. The highest BCUT2D eigenvalue weighted by Gasteiger charge is 2.22. The summed E-state index contributed by atoms with van der Waals surface area (Å²) >= 11 is 0. The van der Waals surface area contributed by atoms with Gasteiger partial charge in [-0.1, -0.05) is 84.6 Å². The maximum Gasteiger partial charge on any atom is 0.101 e. The van der Waals surface area contributed by atoms with Crippen molar-refractivity contribution < 1.29 is 0 Å². The van der Waals surface area contributed by atoms with Gasteiger partial charge in [0.2, 0.25) is 0 Å². The van der Waals surface area contributed by atoms with Crippen molar-refractivity contribution >= 4 is 32.7 Å². The number of nitriles is 3. The lowest BCUT2D eigenvalue weighted by Gasteiger charge is -2.17. The van der Waals surface area contributed by atoms with Gasteiger partial charge in [0.25, 0.3) is 0 Å². The zero-order chi connectivity index (χ0) is 33.8. The van der Waals surface area contributed by atoms with Crippen LogP contribution in [0.2, 0.25) is 0 Å². The second-order valence-electron chi connectivity index (χ2n) is 12.4. The van der Waals surface area contributed by atoms with Crippen LogP contribution in [0.4, 0.5) is 0 Å². The fourth-order valence-electron chi connectivity index (χ4n) is 7.51. The van der Waals surface area contributed by atoms with Crippen LogP contribution < -0.4 is 0 Å². The van der Waals surface area contributed by atoms with E-state index in [4.69, 9.17) is 0 Å². The largest absolute Gasteiger partial charge is 0.312 e. The molecule has 5 nitrogen and oxygen atoms in total. The van der Waals surface area contributed by atoms with Crippen LogP contribution in [0.3, 0.4) is 0 Å². The SMILES string of the molecule is N#Cc1ccc2c(c1)c1ccccc1n2-c1c(C#N)ccc(C#N)c1-c1ccc(-c2ccc(-n3c4c(c5ccccc53)C#CCC4)cc2)cc1. The van der Waals surface area contributed by atoms with Crippen molar-refractivity contribution in [2.24, 2.45) is 0 Å². The van der Waals surface area contributed by atoms with Gasteiger partial charge in [-0.2, -0.15) is 15.8 Å². The van der Waals surface area contributed by atoms with E-state index < -0.39 is 0 Å². The molecule has 2 aromatic heterocycles. The minimum atomic E-state index is 0.455. The number of rotatable bonds is 4. The predicted octanol–water partition coefficient (Wildman–Crippen LogP) is 9.97. The Bertz CT molecular complexity index is 2890. The molecule has 0 radical (unpaired) electrons. The van der Waals surface area contributed by atoms with Crippen LogP contribution in [0.15, 0.2) is 127 Å². The summed E-state index contributed by atoms with van der Waals surface area (Å²) in [6.07, 6.45) is 1.79. The van der Waals surface area contributed by atoms with Gasteiger partial charge in [-0.25, -0.2) is 0 Å². The number of fused-ring (bicyclic) bond motifs is 6. The zero-order valence-corrected chi connectivity index (χ0v) is 26.8. The number of para-hydroxylation sites is 2. The fraction of sp³-hybridized carbons (Fsp3) is 0.0444. The Hall–Kier alpha value is -7.31. The molecule has 2 heterocycles. The van der Waals surface area contributed by atoms with Crippen LogP contribution in [-0.2, 0) is 6.42 Å². The van der Waals surface area contributed by atoms with Gasteiger partial charge in [-0.3, -0.25) is 0 Å². The van der Waals surface area contributed by atoms with Crippen molar-refractivity contribution in [1.82, 2.24) is 9.13 Å². The highest BCUT2D eigenvalue weighted by atomic mass is 15.0. The normalized spacial score (nSPS) is 11.8. The van der Waals surface area contributed by atoms with Crippen LogP contribution in [0.5, 0.6) is 0 Å². The van der Waals surface area contributed by atoms with Gasteiger partial charge in [0.15, 0.2) is 0 Å². The molecule has 0 N–H and O–H groups in total. The average Bonchev–Trinajstić information content (AvgIpc) is 3.70. The van der Waals surface area contributed by atoms with Crippen LogP contribution in [0.25, 0.3) is 66.3 Å². The number of benzene rings is 6. The Labute approximate surface area is 288 Å². The molecule has 0 atom stereocenters. The van der Waals surface area contributed by atoms with Gasteiger partial charge in [-0.15, -0.1) is 0 Å². The summed E-state index contributed by atoms with van der Waals surface area (Å²) in [6, 6.07) is 49.3. The number of nitrogens with zero attached hydrogens (tertiary/aromatic N) is 5. The first-order valence-electron chi connectivity index (χ1n) is 16.4. The van der Waals surface area contributed by atoms with Crippen molar-refractivity contribution in [2.75, 3.05) is 0 Å². The van der Waals surface area contributed by atoms with E-state index in [1.807, 2.05) is 48.5 Å². The van der Waals surface area contributed by atoms with E-state index >= 15 is 0 Å². The van der Waals surface area contributed by atoms with E-state index in [1.54, 1.807) is 18.2 Å². The summed E-state index contributed by atoms with van der Waals surface area (Å²) in [5.74, 6) is 6.66. The van der Waals surface area contributed by atoms with Crippen LogP contribution in [0, 0.1) is 45.8 Å². The fourth-order valence-corrected chi connectivity index (χ4v) is 7.51. The van der Waals surface area contributed by atoms with E-state index in [1.165, 1.54) is 16.6 Å². The van der Waals surface area contributed by atoms with Crippen LogP contribution in [0.1, 0.15) is 34.4 Å². The highest BCUT2D eigenvalue weighted by Crippen LogP contribution is 2.40. The first-order valence-corrected chi connectivity index (χ1v) is 16.4. The molecule has 6 aromatic carbocycles. The molecule has 0 saturated carbocycles. The third kappa shape index (κ3) is 4.33. The van der Waals surface area contributed by atoms with Gasteiger partial charge in [-0.05, 0) is 71.3 Å². The summed E-state index contributed by atoms with van der Waals surface area (Å²) in [5.41, 5.74) is 12.2. The second kappa shape index (κ2) is 11.4. The molecule has 50 heavy (non-hydrogen) atoms.